The summed E-state index contributed by atoms with van der Waals surface area (Å²) in [6.07, 6.45) is 1.04. The Morgan fingerprint density at radius 3 is 2.57 bits per heavy atom. The van der Waals surface area contributed by atoms with Gasteiger partial charge in [0, 0.05) is 32.1 Å². The largest absolute Gasteiger partial charge is 0.356 e. The molecule has 0 saturated heterocycles. The molecule has 0 saturated carbocycles. The van der Waals surface area contributed by atoms with Crippen LogP contribution in [0.4, 0.5) is 0 Å². The highest BCUT2D eigenvalue weighted by atomic mass is 127. The minimum Gasteiger partial charge on any atom is -0.356 e. The summed E-state index contributed by atoms with van der Waals surface area (Å²) in [6, 6.07) is 14.7. The molecule has 1 heterocycles. The van der Waals surface area contributed by atoms with E-state index in [0.29, 0.717) is 0 Å². The molecule has 0 radical (unpaired) electrons. The van der Waals surface area contributed by atoms with Gasteiger partial charge in [-0.1, -0.05) is 36.4 Å². The fourth-order valence-corrected chi connectivity index (χ4v) is 2.78. The highest BCUT2D eigenvalue weighted by Crippen LogP contribution is 2.08. The zero-order valence-corrected chi connectivity index (χ0v) is 15.6. The molecule has 2 aromatic rings. The van der Waals surface area contributed by atoms with E-state index in [1.54, 1.807) is 11.3 Å². The monoisotopic (exact) mass is 415 g/mol. The van der Waals surface area contributed by atoms with Gasteiger partial charge < -0.3 is 10.2 Å². The number of halogens is 1. The smallest absolute Gasteiger partial charge is 0.193 e. The summed E-state index contributed by atoms with van der Waals surface area (Å²) >= 11 is 1.80. The number of aliphatic imine (C=N–C) groups is 1. The van der Waals surface area contributed by atoms with Gasteiger partial charge in [-0.2, -0.15) is 0 Å². The van der Waals surface area contributed by atoms with Crippen molar-refractivity contribution >= 4 is 41.3 Å². The lowest BCUT2D eigenvalue weighted by atomic mass is 10.2. The van der Waals surface area contributed by atoms with Crippen molar-refractivity contribution in [1.82, 2.24) is 10.2 Å². The molecular weight excluding hydrogens is 393 g/mol. The van der Waals surface area contributed by atoms with Crippen LogP contribution in [-0.2, 0) is 13.0 Å². The molecule has 0 aliphatic rings. The van der Waals surface area contributed by atoms with E-state index in [-0.39, 0.29) is 24.0 Å². The number of benzene rings is 1. The highest BCUT2D eigenvalue weighted by Gasteiger charge is 2.06. The number of guanidine groups is 1. The van der Waals surface area contributed by atoms with Gasteiger partial charge in [-0.15, -0.1) is 35.3 Å². The summed E-state index contributed by atoms with van der Waals surface area (Å²) in [6.45, 7) is 1.77. The lowest BCUT2D eigenvalue weighted by Gasteiger charge is -2.22. The maximum Gasteiger partial charge on any atom is 0.193 e. The minimum absolute atomic E-state index is 0. The Morgan fingerprint density at radius 2 is 1.95 bits per heavy atom. The fourth-order valence-electron chi connectivity index (χ4n) is 2.07. The van der Waals surface area contributed by atoms with Crippen molar-refractivity contribution in [2.24, 2.45) is 4.99 Å². The number of hydrogen-bond acceptors (Lipinski definition) is 2. The van der Waals surface area contributed by atoms with Crippen molar-refractivity contribution in [3.8, 4) is 0 Å². The van der Waals surface area contributed by atoms with E-state index in [0.717, 1.165) is 25.5 Å². The molecule has 1 N–H and O–H groups in total. The quantitative estimate of drug-likeness (QED) is 0.459. The summed E-state index contributed by atoms with van der Waals surface area (Å²) in [7, 11) is 3.89. The van der Waals surface area contributed by atoms with Crippen molar-refractivity contribution in [1.29, 1.82) is 0 Å². The van der Waals surface area contributed by atoms with Crippen LogP contribution < -0.4 is 5.32 Å². The first-order valence-corrected chi connectivity index (χ1v) is 7.65. The second-order valence-corrected chi connectivity index (χ2v) is 5.68. The summed E-state index contributed by atoms with van der Waals surface area (Å²) < 4.78 is 0. The van der Waals surface area contributed by atoms with Crippen LogP contribution in [-0.4, -0.2) is 31.5 Å². The number of nitrogens with one attached hydrogen (secondary N) is 1. The molecule has 0 aliphatic heterocycles. The molecule has 0 atom stereocenters. The first kappa shape index (κ1) is 18.0. The van der Waals surface area contributed by atoms with E-state index in [9.17, 15) is 0 Å². The predicted molar refractivity (Wildman–Crippen MR) is 103 cm³/mol. The van der Waals surface area contributed by atoms with Crippen molar-refractivity contribution < 1.29 is 0 Å². The van der Waals surface area contributed by atoms with Crippen LogP contribution in [0.25, 0.3) is 0 Å². The van der Waals surface area contributed by atoms with Crippen molar-refractivity contribution in [3.05, 3.63) is 58.3 Å². The van der Waals surface area contributed by atoms with Gasteiger partial charge in [-0.25, -0.2) is 0 Å². The van der Waals surface area contributed by atoms with Gasteiger partial charge in [-0.3, -0.25) is 4.99 Å². The first-order valence-electron chi connectivity index (χ1n) is 6.77. The summed E-state index contributed by atoms with van der Waals surface area (Å²) in [4.78, 5) is 7.88. The van der Waals surface area contributed by atoms with Gasteiger partial charge in [0.2, 0.25) is 0 Å². The number of rotatable bonds is 5. The molecule has 114 valence electrons. The van der Waals surface area contributed by atoms with Gasteiger partial charge >= 0.3 is 0 Å². The van der Waals surface area contributed by atoms with E-state index in [4.69, 9.17) is 0 Å². The van der Waals surface area contributed by atoms with Crippen molar-refractivity contribution in [3.63, 3.8) is 0 Å². The van der Waals surface area contributed by atoms with Crippen LogP contribution in [0, 0.1) is 0 Å². The van der Waals surface area contributed by atoms with Gasteiger partial charge in [0.1, 0.15) is 0 Å². The second-order valence-electron chi connectivity index (χ2n) is 4.65. The Labute approximate surface area is 148 Å². The van der Waals surface area contributed by atoms with Crippen LogP contribution in [0.2, 0.25) is 0 Å². The topological polar surface area (TPSA) is 27.6 Å². The van der Waals surface area contributed by atoms with E-state index in [1.165, 1.54) is 10.4 Å². The molecule has 0 aliphatic carbocycles. The predicted octanol–water partition coefficient (Wildman–Crippen LogP) is 3.62. The lowest BCUT2D eigenvalue weighted by molar-refractivity contribution is 0.477. The summed E-state index contributed by atoms with van der Waals surface area (Å²) in [5.41, 5.74) is 1.29. The van der Waals surface area contributed by atoms with Gasteiger partial charge in [0.05, 0.1) is 0 Å². The molecular formula is C16H22IN3S. The van der Waals surface area contributed by atoms with Crippen molar-refractivity contribution in [2.45, 2.75) is 13.0 Å². The number of thiophene rings is 1. The highest BCUT2D eigenvalue weighted by molar-refractivity contribution is 14.0. The first-order chi connectivity index (χ1) is 9.79. The van der Waals surface area contributed by atoms with Gasteiger partial charge in [0.15, 0.2) is 5.96 Å². The van der Waals surface area contributed by atoms with E-state index < -0.39 is 0 Å². The third kappa shape index (κ3) is 6.05. The van der Waals surface area contributed by atoms with Crippen LogP contribution in [0.15, 0.2) is 52.8 Å². The third-order valence-corrected chi connectivity index (χ3v) is 4.01. The fraction of sp³-hybridized carbons (Fsp3) is 0.312. The number of hydrogen-bond donors (Lipinski definition) is 1. The Kier molecular flexibility index (Phi) is 8.37. The molecule has 1 aromatic carbocycles. The molecule has 0 bridgehead atoms. The molecule has 5 heteroatoms. The van der Waals surface area contributed by atoms with E-state index in [1.807, 2.05) is 13.1 Å². The van der Waals surface area contributed by atoms with E-state index >= 15 is 0 Å². The molecule has 3 nitrogen and oxygen atoms in total. The Morgan fingerprint density at radius 1 is 1.19 bits per heavy atom. The normalized spacial score (nSPS) is 10.9. The third-order valence-electron chi connectivity index (χ3n) is 3.07. The van der Waals surface area contributed by atoms with Gasteiger partial charge in [0.25, 0.3) is 0 Å². The zero-order chi connectivity index (χ0) is 14.2. The molecule has 0 spiro atoms. The van der Waals surface area contributed by atoms with Crippen LogP contribution >= 0.6 is 35.3 Å². The maximum absolute atomic E-state index is 4.34. The van der Waals surface area contributed by atoms with Crippen LogP contribution in [0.3, 0.4) is 0 Å². The molecule has 1 aromatic heterocycles. The SMILES string of the molecule is CN=C(NCCc1cccs1)N(C)Cc1ccccc1.I. The van der Waals surface area contributed by atoms with Crippen LogP contribution in [0.1, 0.15) is 10.4 Å². The van der Waals surface area contributed by atoms with Crippen molar-refractivity contribution in [2.75, 3.05) is 20.6 Å². The summed E-state index contributed by atoms with van der Waals surface area (Å²) in [5, 5.41) is 5.53. The van der Waals surface area contributed by atoms with Crippen LogP contribution in [0.5, 0.6) is 0 Å². The average molecular weight is 415 g/mol. The zero-order valence-electron chi connectivity index (χ0n) is 12.5. The second kappa shape index (κ2) is 9.78. The molecule has 0 amide bonds. The molecule has 2 rings (SSSR count). The Balaban J connectivity index is 0.00000220. The summed E-state index contributed by atoms with van der Waals surface area (Å²) in [5.74, 6) is 0.936. The Bertz CT molecular complexity index is 526. The minimum atomic E-state index is 0. The van der Waals surface area contributed by atoms with Gasteiger partial charge in [-0.05, 0) is 23.4 Å². The maximum atomic E-state index is 4.34. The molecule has 0 unspecified atom stereocenters. The number of nitrogens with zero attached hydrogens (tertiary/aromatic N) is 2. The molecule has 0 fully saturated rings. The van der Waals surface area contributed by atoms with E-state index in [2.05, 4.69) is 64.0 Å². The standard InChI is InChI=1S/C16H21N3S.HI/c1-17-16(18-11-10-15-9-6-12-20-15)19(2)13-14-7-4-3-5-8-14;/h3-9,12H,10-11,13H2,1-2H3,(H,17,18);1H. The Hall–Kier alpha value is -1.08. The lowest BCUT2D eigenvalue weighted by Crippen LogP contribution is -2.39. The molecule has 21 heavy (non-hydrogen) atoms. The average Bonchev–Trinajstić information content (AvgIpc) is 2.98.